The molecule has 4 aliphatic rings. The highest BCUT2D eigenvalue weighted by Gasteiger charge is 2.52. The van der Waals surface area contributed by atoms with E-state index in [1.165, 1.54) is 19.3 Å². The van der Waals surface area contributed by atoms with Gasteiger partial charge in [-0.25, -0.2) is 0 Å². The number of amides is 1. The Labute approximate surface area is 157 Å². The standard InChI is InChI=1S/C18H32N4O3S/c1-19-10-12-21(13-11-19)26(24,25)22-9-7-18(15-22)6-3-8-20(17(18)23)14-16-4-2-5-16/h16H,2-15H2,1H3/t18-/m1/s1. The minimum absolute atomic E-state index is 0.215. The first-order valence-electron chi connectivity index (χ1n) is 10.1. The highest BCUT2D eigenvalue weighted by atomic mass is 32.2. The van der Waals surface area contributed by atoms with Crippen molar-refractivity contribution in [3.63, 3.8) is 0 Å². The molecular weight excluding hydrogens is 352 g/mol. The molecule has 0 aromatic rings. The molecule has 0 radical (unpaired) electrons. The zero-order valence-electron chi connectivity index (χ0n) is 15.9. The van der Waals surface area contributed by atoms with Gasteiger partial charge in [-0.15, -0.1) is 0 Å². The molecule has 3 saturated heterocycles. The highest BCUT2D eigenvalue weighted by Crippen LogP contribution is 2.42. The molecule has 3 heterocycles. The minimum atomic E-state index is -3.45. The molecule has 1 amide bonds. The number of rotatable bonds is 4. The summed E-state index contributed by atoms with van der Waals surface area (Å²) in [5.74, 6) is 0.882. The lowest BCUT2D eigenvalue weighted by molar-refractivity contribution is -0.146. The zero-order valence-corrected chi connectivity index (χ0v) is 16.7. The first-order chi connectivity index (χ1) is 12.4. The van der Waals surface area contributed by atoms with Crippen molar-refractivity contribution < 1.29 is 13.2 Å². The van der Waals surface area contributed by atoms with Crippen molar-refractivity contribution in [3.8, 4) is 0 Å². The fourth-order valence-corrected chi connectivity index (χ4v) is 6.59. The van der Waals surface area contributed by atoms with Crippen LogP contribution in [0.4, 0.5) is 0 Å². The molecule has 1 spiro atoms. The Morgan fingerprint density at radius 2 is 1.69 bits per heavy atom. The Morgan fingerprint density at radius 1 is 0.962 bits per heavy atom. The van der Waals surface area contributed by atoms with Gasteiger partial charge in [0.1, 0.15) is 0 Å². The van der Waals surface area contributed by atoms with Crippen LogP contribution in [-0.2, 0) is 15.0 Å². The fraction of sp³-hybridized carbons (Fsp3) is 0.944. The van der Waals surface area contributed by atoms with Gasteiger partial charge in [-0.05, 0) is 45.1 Å². The highest BCUT2D eigenvalue weighted by molar-refractivity contribution is 7.86. The van der Waals surface area contributed by atoms with Gasteiger partial charge in [-0.3, -0.25) is 4.79 Å². The van der Waals surface area contributed by atoms with Gasteiger partial charge >= 0.3 is 0 Å². The van der Waals surface area contributed by atoms with Crippen LogP contribution in [0.15, 0.2) is 0 Å². The van der Waals surface area contributed by atoms with Crippen LogP contribution < -0.4 is 0 Å². The molecule has 1 aliphatic carbocycles. The van der Waals surface area contributed by atoms with Gasteiger partial charge < -0.3 is 9.80 Å². The van der Waals surface area contributed by atoms with E-state index in [-0.39, 0.29) is 5.91 Å². The second-order valence-electron chi connectivity index (χ2n) is 8.73. The lowest BCUT2D eigenvalue weighted by Crippen LogP contribution is -2.54. The maximum absolute atomic E-state index is 13.2. The zero-order chi connectivity index (χ0) is 18.4. The van der Waals surface area contributed by atoms with Gasteiger partial charge in [0.25, 0.3) is 10.2 Å². The molecule has 4 rings (SSSR count). The number of piperidine rings is 1. The number of carbonyl (C=O) groups excluding carboxylic acids is 1. The van der Waals surface area contributed by atoms with Crippen LogP contribution in [0.5, 0.6) is 0 Å². The normalized spacial score (nSPS) is 33.1. The number of nitrogens with zero attached hydrogens (tertiary/aromatic N) is 4. The van der Waals surface area contributed by atoms with Crippen molar-refractivity contribution in [2.45, 2.75) is 38.5 Å². The molecule has 0 N–H and O–H groups in total. The van der Waals surface area contributed by atoms with Crippen molar-refractivity contribution >= 4 is 16.1 Å². The monoisotopic (exact) mass is 384 g/mol. The molecule has 0 aromatic carbocycles. The molecule has 0 bridgehead atoms. The van der Waals surface area contributed by atoms with E-state index in [9.17, 15) is 13.2 Å². The topological polar surface area (TPSA) is 64.2 Å². The second kappa shape index (κ2) is 7.04. The average molecular weight is 385 g/mol. The van der Waals surface area contributed by atoms with Crippen molar-refractivity contribution in [1.29, 1.82) is 0 Å². The number of hydrogen-bond donors (Lipinski definition) is 0. The number of piperazine rings is 1. The van der Waals surface area contributed by atoms with Crippen LogP contribution >= 0.6 is 0 Å². The third kappa shape index (κ3) is 3.30. The molecule has 7 nitrogen and oxygen atoms in total. The predicted octanol–water partition coefficient (Wildman–Crippen LogP) is 0.593. The van der Waals surface area contributed by atoms with Gasteiger partial charge in [-0.2, -0.15) is 17.0 Å². The maximum atomic E-state index is 13.2. The smallest absolute Gasteiger partial charge is 0.282 e. The van der Waals surface area contributed by atoms with Gasteiger partial charge in [-0.1, -0.05) is 6.42 Å². The second-order valence-corrected chi connectivity index (χ2v) is 10.7. The quantitative estimate of drug-likeness (QED) is 0.712. The summed E-state index contributed by atoms with van der Waals surface area (Å²) >= 11 is 0. The first kappa shape index (κ1) is 18.7. The molecule has 4 fully saturated rings. The summed E-state index contributed by atoms with van der Waals surface area (Å²) in [6.45, 7) is 5.22. The summed E-state index contributed by atoms with van der Waals surface area (Å²) in [7, 11) is -1.43. The molecule has 0 aromatic heterocycles. The van der Waals surface area contributed by atoms with Crippen molar-refractivity contribution in [2.75, 3.05) is 59.4 Å². The summed E-state index contributed by atoms with van der Waals surface area (Å²) in [5, 5.41) is 0. The lowest BCUT2D eigenvalue weighted by atomic mass is 9.77. The Hall–Kier alpha value is -0.700. The summed E-state index contributed by atoms with van der Waals surface area (Å²) in [5.41, 5.74) is -0.471. The third-order valence-electron chi connectivity index (χ3n) is 6.96. The average Bonchev–Trinajstić information content (AvgIpc) is 3.01. The fourth-order valence-electron chi connectivity index (χ4n) is 4.91. The van der Waals surface area contributed by atoms with Crippen LogP contribution in [-0.4, -0.2) is 92.1 Å². The SMILES string of the molecule is CN1CCN(S(=O)(=O)N2CC[C@]3(CCCN(CC4CCC4)C3=O)C2)CC1. The minimum Gasteiger partial charge on any atom is -0.342 e. The van der Waals surface area contributed by atoms with Crippen LogP contribution in [0.2, 0.25) is 0 Å². The molecule has 1 saturated carbocycles. The molecule has 148 valence electrons. The third-order valence-corrected chi connectivity index (χ3v) is 8.94. The van der Waals surface area contributed by atoms with Crippen LogP contribution in [0, 0.1) is 11.3 Å². The van der Waals surface area contributed by atoms with Crippen LogP contribution in [0.1, 0.15) is 38.5 Å². The summed E-state index contributed by atoms with van der Waals surface area (Å²) < 4.78 is 29.3. The van der Waals surface area contributed by atoms with Crippen molar-refractivity contribution in [3.05, 3.63) is 0 Å². The van der Waals surface area contributed by atoms with E-state index in [4.69, 9.17) is 0 Å². The first-order valence-corrected chi connectivity index (χ1v) is 11.5. The van der Waals surface area contributed by atoms with Crippen LogP contribution in [0.25, 0.3) is 0 Å². The largest absolute Gasteiger partial charge is 0.342 e. The Balaban J connectivity index is 1.43. The summed E-state index contributed by atoms with van der Waals surface area (Å²) in [6.07, 6.45) is 6.28. The summed E-state index contributed by atoms with van der Waals surface area (Å²) in [4.78, 5) is 17.4. The number of hydrogen-bond acceptors (Lipinski definition) is 4. The molecule has 1 atom stereocenters. The summed E-state index contributed by atoms with van der Waals surface area (Å²) in [6, 6.07) is 0. The van der Waals surface area contributed by atoms with E-state index in [0.717, 1.165) is 39.0 Å². The van der Waals surface area contributed by atoms with Crippen molar-refractivity contribution in [2.24, 2.45) is 11.3 Å². The van der Waals surface area contributed by atoms with Crippen LogP contribution in [0.3, 0.4) is 0 Å². The molecule has 8 heteroatoms. The van der Waals surface area contributed by atoms with Gasteiger partial charge in [0.15, 0.2) is 0 Å². The van der Waals surface area contributed by atoms with E-state index >= 15 is 0 Å². The van der Waals surface area contributed by atoms with Gasteiger partial charge in [0, 0.05) is 52.4 Å². The van der Waals surface area contributed by atoms with E-state index < -0.39 is 15.6 Å². The van der Waals surface area contributed by atoms with Gasteiger partial charge in [0.05, 0.1) is 5.41 Å². The molecular formula is C18H32N4O3S. The Bertz CT molecular complexity index is 643. The molecule has 26 heavy (non-hydrogen) atoms. The number of likely N-dealkylation sites (tertiary alicyclic amines) is 1. The molecule has 0 unspecified atom stereocenters. The number of carbonyl (C=O) groups is 1. The van der Waals surface area contributed by atoms with Gasteiger partial charge in [0.2, 0.25) is 5.91 Å². The van der Waals surface area contributed by atoms with E-state index in [2.05, 4.69) is 4.90 Å². The van der Waals surface area contributed by atoms with Crippen molar-refractivity contribution in [1.82, 2.24) is 18.4 Å². The van der Waals surface area contributed by atoms with E-state index in [1.54, 1.807) is 8.61 Å². The Morgan fingerprint density at radius 3 is 2.35 bits per heavy atom. The maximum Gasteiger partial charge on any atom is 0.282 e. The van der Waals surface area contributed by atoms with E-state index in [0.29, 0.717) is 38.5 Å². The lowest BCUT2D eigenvalue weighted by Gasteiger charge is -2.42. The number of likely N-dealkylation sites (N-methyl/N-ethyl adjacent to an activating group) is 1. The Kier molecular flexibility index (Phi) is 5.05. The predicted molar refractivity (Wildman–Crippen MR) is 99.8 cm³/mol. The van der Waals surface area contributed by atoms with E-state index in [1.807, 2.05) is 11.9 Å². The molecule has 3 aliphatic heterocycles.